The Labute approximate surface area is 186 Å². The number of carbonyl (C=O) groups is 2. The second-order valence-corrected chi connectivity index (χ2v) is 6.75. The molecule has 0 saturated carbocycles. The van der Waals surface area contributed by atoms with Gasteiger partial charge in [0.15, 0.2) is 11.5 Å². The number of nitrogens with zero attached hydrogens (tertiary/aromatic N) is 1. The van der Waals surface area contributed by atoms with Crippen LogP contribution in [-0.2, 0) is 11.3 Å². The molecule has 0 fully saturated rings. The number of ether oxygens (including phenoxy) is 2. The highest BCUT2D eigenvalue weighted by atomic mass is 16.5. The molecule has 2 amide bonds. The highest BCUT2D eigenvalue weighted by Gasteiger charge is 2.09. The van der Waals surface area contributed by atoms with Gasteiger partial charge in [0, 0.05) is 24.4 Å². The van der Waals surface area contributed by atoms with Crippen LogP contribution in [0.2, 0.25) is 0 Å². The first kappa shape index (κ1) is 22.4. The predicted molar refractivity (Wildman–Crippen MR) is 123 cm³/mol. The molecule has 0 aliphatic heterocycles. The summed E-state index contributed by atoms with van der Waals surface area (Å²) in [5.41, 5.74) is 8.33. The molecule has 0 aliphatic carbocycles. The van der Waals surface area contributed by atoms with Crippen molar-refractivity contribution >= 4 is 29.4 Å². The van der Waals surface area contributed by atoms with E-state index in [0.29, 0.717) is 29.3 Å². The average molecular weight is 432 g/mol. The molecule has 8 nitrogen and oxygen atoms in total. The lowest BCUT2D eigenvalue weighted by molar-refractivity contribution is -0.116. The van der Waals surface area contributed by atoms with Gasteiger partial charge in [-0.2, -0.15) is 0 Å². The van der Waals surface area contributed by atoms with E-state index in [9.17, 15) is 9.59 Å². The molecule has 0 saturated heterocycles. The molecule has 8 heteroatoms. The number of rotatable bonds is 8. The molecule has 0 unspecified atom stereocenters. The van der Waals surface area contributed by atoms with Gasteiger partial charge in [-0.15, -0.1) is 0 Å². The van der Waals surface area contributed by atoms with Crippen molar-refractivity contribution in [3.8, 4) is 11.5 Å². The SMILES string of the molecule is COc1ccc(/C=C/C(=O)NCc2ccc(C(=O)Nc3cccnc3N)cc2)cc1OC. The quantitative estimate of drug-likeness (QED) is 0.471. The fraction of sp³-hybridized carbons (Fsp3) is 0.125. The molecule has 1 heterocycles. The fourth-order valence-electron chi connectivity index (χ4n) is 2.87. The highest BCUT2D eigenvalue weighted by molar-refractivity contribution is 6.05. The number of methoxy groups -OCH3 is 2. The second-order valence-electron chi connectivity index (χ2n) is 6.75. The van der Waals surface area contributed by atoms with Crippen molar-refractivity contribution in [2.45, 2.75) is 6.54 Å². The predicted octanol–water partition coefficient (Wildman–Crippen LogP) is 3.26. The Morgan fingerprint density at radius 2 is 1.78 bits per heavy atom. The van der Waals surface area contributed by atoms with Crippen LogP contribution >= 0.6 is 0 Å². The number of aromatic nitrogens is 1. The summed E-state index contributed by atoms with van der Waals surface area (Å²) in [5.74, 6) is 0.925. The van der Waals surface area contributed by atoms with Crippen LogP contribution in [0.4, 0.5) is 11.5 Å². The zero-order chi connectivity index (χ0) is 22.9. The molecule has 0 atom stereocenters. The van der Waals surface area contributed by atoms with Crippen molar-refractivity contribution in [2.75, 3.05) is 25.3 Å². The van der Waals surface area contributed by atoms with Crippen molar-refractivity contribution in [3.05, 3.63) is 83.6 Å². The third kappa shape index (κ3) is 5.85. The fourth-order valence-corrected chi connectivity index (χ4v) is 2.87. The Kier molecular flexibility index (Phi) is 7.42. The van der Waals surface area contributed by atoms with Crippen LogP contribution in [0.1, 0.15) is 21.5 Å². The molecule has 164 valence electrons. The Morgan fingerprint density at radius 1 is 1.03 bits per heavy atom. The number of amides is 2. The smallest absolute Gasteiger partial charge is 0.255 e. The first-order valence-corrected chi connectivity index (χ1v) is 9.79. The summed E-state index contributed by atoms with van der Waals surface area (Å²) in [6, 6.07) is 15.7. The van der Waals surface area contributed by atoms with Gasteiger partial charge in [0.25, 0.3) is 5.91 Å². The molecule has 0 aliphatic rings. The number of nitrogens with one attached hydrogen (secondary N) is 2. The van der Waals surface area contributed by atoms with Crippen LogP contribution in [0.3, 0.4) is 0 Å². The van der Waals surface area contributed by atoms with Gasteiger partial charge in [0.1, 0.15) is 5.82 Å². The number of hydrogen-bond donors (Lipinski definition) is 3. The molecule has 3 rings (SSSR count). The van der Waals surface area contributed by atoms with E-state index in [0.717, 1.165) is 11.1 Å². The maximum atomic E-state index is 12.4. The van der Waals surface area contributed by atoms with Crippen LogP contribution in [0.15, 0.2) is 66.9 Å². The van der Waals surface area contributed by atoms with E-state index in [1.165, 1.54) is 6.08 Å². The summed E-state index contributed by atoms with van der Waals surface area (Å²) in [6.07, 6.45) is 4.69. The van der Waals surface area contributed by atoms with Crippen molar-refractivity contribution < 1.29 is 19.1 Å². The third-order valence-electron chi connectivity index (χ3n) is 4.60. The zero-order valence-electron chi connectivity index (χ0n) is 17.8. The van der Waals surface area contributed by atoms with Gasteiger partial charge in [-0.1, -0.05) is 18.2 Å². The number of pyridine rings is 1. The zero-order valence-corrected chi connectivity index (χ0v) is 17.8. The average Bonchev–Trinajstić information content (AvgIpc) is 2.82. The van der Waals surface area contributed by atoms with Crippen LogP contribution < -0.4 is 25.8 Å². The Bertz CT molecular complexity index is 1130. The van der Waals surface area contributed by atoms with Crippen molar-refractivity contribution in [2.24, 2.45) is 0 Å². The van der Waals surface area contributed by atoms with E-state index in [4.69, 9.17) is 15.2 Å². The van der Waals surface area contributed by atoms with Crippen LogP contribution in [0.25, 0.3) is 6.08 Å². The molecule has 0 radical (unpaired) electrons. The monoisotopic (exact) mass is 432 g/mol. The summed E-state index contributed by atoms with van der Waals surface area (Å²) in [4.78, 5) is 28.4. The lowest BCUT2D eigenvalue weighted by Gasteiger charge is -2.08. The molecule has 1 aromatic heterocycles. The molecule has 3 aromatic rings. The lowest BCUT2D eigenvalue weighted by atomic mass is 10.1. The van der Waals surface area contributed by atoms with Crippen molar-refractivity contribution in [1.82, 2.24) is 10.3 Å². The number of anilines is 2. The molecular weight excluding hydrogens is 408 g/mol. The molecule has 0 spiro atoms. The first-order chi connectivity index (χ1) is 15.5. The molecular formula is C24H24N4O4. The highest BCUT2D eigenvalue weighted by Crippen LogP contribution is 2.27. The molecule has 32 heavy (non-hydrogen) atoms. The van der Waals surface area contributed by atoms with E-state index in [2.05, 4.69) is 15.6 Å². The lowest BCUT2D eigenvalue weighted by Crippen LogP contribution is -2.20. The van der Waals surface area contributed by atoms with Gasteiger partial charge < -0.3 is 25.8 Å². The first-order valence-electron chi connectivity index (χ1n) is 9.79. The molecule has 2 aromatic carbocycles. The number of hydrogen-bond acceptors (Lipinski definition) is 6. The minimum Gasteiger partial charge on any atom is -0.493 e. The Balaban J connectivity index is 1.53. The summed E-state index contributed by atoms with van der Waals surface area (Å²) in [6.45, 7) is 0.326. The number of carbonyl (C=O) groups excluding carboxylic acids is 2. The normalized spacial score (nSPS) is 10.6. The summed E-state index contributed by atoms with van der Waals surface area (Å²) >= 11 is 0. The van der Waals surface area contributed by atoms with Gasteiger partial charge in [-0.05, 0) is 53.6 Å². The van der Waals surface area contributed by atoms with Gasteiger partial charge in [-0.3, -0.25) is 9.59 Å². The Hall–Kier alpha value is -4.33. The third-order valence-corrected chi connectivity index (χ3v) is 4.60. The second kappa shape index (κ2) is 10.6. The van der Waals surface area contributed by atoms with E-state index < -0.39 is 0 Å². The van der Waals surface area contributed by atoms with Crippen LogP contribution in [-0.4, -0.2) is 31.0 Å². The maximum absolute atomic E-state index is 12.4. The van der Waals surface area contributed by atoms with Gasteiger partial charge in [0.2, 0.25) is 5.91 Å². The summed E-state index contributed by atoms with van der Waals surface area (Å²) < 4.78 is 10.5. The summed E-state index contributed by atoms with van der Waals surface area (Å²) in [7, 11) is 3.12. The van der Waals surface area contributed by atoms with Crippen LogP contribution in [0, 0.1) is 0 Å². The largest absolute Gasteiger partial charge is 0.493 e. The summed E-state index contributed by atoms with van der Waals surface area (Å²) in [5, 5.41) is 5.53. The topological polar surface area (TPSA) is 116 Å². The number of nitrogen functional groups attached to an aromatic ring is 1. The number of nitrogens with two attached hydrogens (primary N) is 1. The standard InChI is InChI=1S/C24H24N4O4/c1-31-20-11-7-16(14-21(20)32-2)8-12-22(29)27-15-17-5-9-18(10-6-17)24(30)28-19-4-3-13-26-23(19)25/h3-14H,15H2,1-2H3,(H2,25,26)(H,27,29)(H,28,30)/b12-8+. The molecule has 0 bridgehead atoms. The van der Waals surface area contributed by atoms with E-state index in [1.54, 1.807) is 75.0 Å². The van der Waals surface area contributed by atoms with Crippen molar-refractivity contribution in [1.29, 1.82) is 0 Å². The minimum atomic E-state index is -0.293. The van der Waals surface area contributed by atoms with Gasteiger partial charge in [-0.25, -0.2) is 4.98 Å². The molecule has 4 N–H and O–H groups in total. The van der Waals surface area contributed by atoms with Crippen LogP contribution in [0.5, 0.6) is 11.5 Å². The van der Waals surface area contributed by atoms with E-state index >= 15 is 0 Å². The van der Waals surface area contributed by atoms with Gasteiger partial charge in [0.05, 0.1) is 19.9 Å². The van der Waals surface area contributed by atoms with Crippen molar-refractivity contribution in [3.63, 3.8) is 0 Å². The van der Waals surface area contributed by atoms with Gasteiger partial charge >= 0.3 is 0 Å². The van der Waals surface area contributed by atoms with E-state index in [1.807, 2.05) is 6.07 Å². The minimum absolute atomic E-state index is 0.242. The Morgan fingerprint density at radius 3 is 2.47 bits per heavy atom. The van der Waals surface area contributed by atoms with E-state index in [-0.39, 0.29) is 17.6 Å². The maximum Gasteiger partial charge on any atom is 0.255 e. The number of benzene rings is 2.